The van der Waals surface area contributed by atoms with Gasteiger partial charge in [-0.2, -0.15) is 11.3 Å². The van der Waals surface area contributed by atoms with Gasteiger partial charge < -0.3 is 16.0 Å². The van der Waals surface area contributed by atoms with Gasteiger partial charge in [-0.3, -0.25) is 9.59 Å². The topological polar surface area (TPSA) is 75.4 Å². The van der Waals surface area contributed by atoms with Crippen LogP contribution in [0.5, 0.6) is 0 Å². The minimum atomic E-state index is -0.880. The number of nitrogens with two attached hydrogens (primary N) is 1. The van der Waals surface area contributed by atoms with E-state index in [0.29, 0.717) is 5.02 Å². The van der Waals surface area contributed by atoms with Crippen molar-refractivity contribution >= 4 is 52.1 Å². The molecule has 3 heterocycles. The third-order valence-corrected chi connectivity index (χ3v) is 9.11. The molecule has 0 radical (unpaired) electrons. The monoisotopic (exact) mass is 511 g/mol. The van der Waals surface area contributed by atoms with Crippen molar-refractivity contribution in [2.75, 3.05) is 18.0 Å². The number of halogens is 1. The molecule has 2 saturated heterocycles. The van der Waals surface area contributed by atoms with Gasteiger partial charge in [-0.15, -0.1) is 11.8 Å². The fourth-order valence-corrected chi connectivity index (χ4v) is 6.72. The number of carbonyl (C=O) groups is 2. The molecule has 5 nitrogen and oxygen atoms in total. The Balaban J connectivity index is 1.43. The van der Waals surface area contributed by atoms with E-state index in [0.717, 1.165) is 47.6 Å². The molecule has 2 aliphatic rings. The van der Waals surface area contributed by atoms with Gasteiger partial charge in [0.25, 0.3) is 0 Å². The summed E-state index contributed by atoms with van der Waals surface area (Å²) < 4.78 is 0. The highest BCUT2D eigenvalue weighted by molar-refractivity contribution is 8.01. The summed E-state index contributed by atoms with van der Waals surface area (Å²) in [7, 11) is 0. The van der Waals surface area contributed by atoms with Crippen LogP contribution >= 0.6 is 34.7 Å². The molecule has 0 aliphatic carbocycles. The van der Waals surface area contributed by atoms with Crippen LogP contribution < -0.4 is 16.0 Å². The molecule has 5 rings (SSSR count). The van der Waals surface area contributed by atoms with Crippen LogP contribution in [0.2, 0.25) is 5.02 Å². The second kappa shape index (κ2) is 9.74. The number of benzene rings is 2. The normalized spacial score (nSPS) is 23.7. The number of Topliss-reactive ketones (excluding diaryl/α,β-unsaturated/α-hetero) is 1. The summed E-state index contributed by atoms with van der Waals surface area (Å²) >= 11 is 9.05. The van der Waals surface area contributed by atoms with E-state index in [2.05, 4.69) is 22.3 Å². The van der Waals surface area contributed by atoms with Crippen molar-refractivity contribution < 1.29 is 9.59 Å². The van der Waals surface area contributed by atoms with Gasteiger partial charge in [0.2, 0.25) is 5.91 Å². The molecule has 2 fully saturated rings. The Labute approximate surface area is 212 Å². The lowest BCUT2D eigenvalue weighted by atomic mass is 9.77. The summed E-state index contributed by atoms with van der Waals surface area (Å²) in [5, 5.41) is 6.92. The van der Waals surface area contributed by atoms with E-state index < -0.39 is 10.8 Å². The Morgan fingerprint density at radius 1 is 1.03 bits per heavy atom. The zero-order chi connectivity index (χ0) is 23.7. The maximum Gasteiger partial charge on any atom is 0.242 e. The number of carbonyl (C=O) groups excluding carboxylic acids is 2. The van der Waals surface area contributed by atoms with Gasteiger partial charge in [-0.1, -0.05) is 35.9 Å². The summed E-state index contributed by atoms with van der Waals surface area (Å²) in [5.41, 5.74) is 8.15. The molecule has 1 amide bonds. The lowest BCUT2D eigenvalue weighted by Crippen LogP contribution is -2.57. The summed E-state index contributed by atoms with van der Waals surface area (Å²) in [6.07, 6.45) is 2.15. The molecule has 2 aliphatic heterocycles. The Bertz CT molecular complexity index is 1160. The number of amides is 1. The van der Waals surface area contributed by atoms with Crippen molar-refractivity contribution in [2.24, 2.45) is 5.73 Å². The fourth-order valence-electron chi connectivity index (χ4n) is 4.74. The molecule has 8 heteroatoms. The second-order valence-electron chi connectivity index (χ2n) is 8.85. The maximum atomic E-state index is 13.4. The first-order valence-electron chi connectivity index (χ1n) is 11.4. The number of ketones is 1. The molecule has 3 aromatic rings. The van der Waals surface area contributed by atoms with Gasteiger partial charge >= 0.3 is 0 Å². The standard InChI is InChI=1S/C26H26ClN3O2S2/c27-21-3-1-2-4-23(21)34-24-22(31)15-26(29-25(24)32,18-11-14-33-16-18)17-5-7-20(8-6-17)30-12-9-19(28)10-13-30/h1-8,11,14,16,19,24H,9-10,12-13,15,28H2,(H,29,32). The summed E-state index contributed by atoms with van der Waals surface area (Å²) in [5.74, 6) is -0.393. The highest BCUT2D eigenvalue weighted by Gasteiger charge is 2.47. The lowest BCUT2D eigenvalue weighted by Gasteiger charge is -2.40. The summed E-state index contributed by atoms with van der Waals surface area (Å²) in [6.45, 7) is 1.87. The fraction of sp³-hybridized carbons (Fsp3) is 0.308. The van der Waals surface area contributed by atoms with Crippen molar-refractivity contribution in [1.82, 2.24) is 5.32 Å². The zero-order valence-electron chi connectivity index (χ0n) is 18.6. The molecule has 2 unspecified atom stereocenters. The molecule has 2 atom stereocenters. The predicted molar refractivity (Wildman–Crippen MR) is 140 cm³/mol. The molecular weight excluding hydrogens is 486 g/mol. The molecule has 176 valence electrons. The Morgan fingerprint density at radius 3 is 2.41 bits per heavy atom. The maximum absolute atomic E-state index is 13.4. The smallest absolute Gasteiger partial charge is 0.242 e. The number of piperidine rings is 2. The molecule has 2 aromatic carbocycles. The number of nitrogens with zero attached hydrogens (tertiary/aromatic N) is 1. The first-order valence-corrected chi connectivity index (χ1v) is 13.6. The average Bonchev–Trinajstić information content (AvgIpc) is 3.39. The van der Waals surface area contributed by atoms with Gasteiger partial charge in [0.15, 0.2) is 5.78 Å². The molecule has 0 spiro atoms. The van der Waals surface area contributed by atoms with Crippen molar-refractivity contribution in [3.63, 3.8) is 0 Å². The highest BCUT2D eigenvalue weighted by Crippen LogP contribution is 2.42. The van der Waals surface area contributed by atoms with Crippen molar-refractivity contribution in [3.8, 4) is 0 Å². The molecule has 34 heavy (non-hydrogen) atoms. The first kappa shape index (κ1) is 23.4. The predicted octanol–water partition coefficient (Wildman–Crippen LogP) is 4.82. The number of nitrogens with one attached hydrogen (secondary N) is 1. The minimum Gasteiger partial charge on any atom is -0.371 e. The van der Waals surface area contributed by atoms with Crippen molar-refractivity contribution in [1.29, 1.82) is 0 Å². The molecule has 1 aromatic heterocycles. The van der Waals surface area contributed by atoms with E-state index in [9.17, 15) is 9.59 Å². The second-order valence-corrected chi connectivity index (χ2v) is 11.2. The minimum absolute atomic E-state index is 0.103. The van der Waals surface area contributed by atoms with Crippen LogP contribution in [-0.2, 0) is 15.1 Å². The van der Waals surface area contributed by atoms with Gasteiger partial charge in [0, 0.05) is 36.1 Å². The van der Waals surface area contributed by atoms with Crippen LogP contribution in [0.1, 0.15) is 30.4 Å². The van der Waals surface area contributed by atoms with E-state index in [1.807, 2.05) is 47.2 Å². The third-order valence-electron chi connectivity index (χ3n) is 6.67. The Morgan fingerprint density at radius 2 is 1.76 bits per heavy atom. The Hall–Kier alpha value is -2.32. The summed E-state index contributed by atoms with van der Waals surface area (Å²) in [6, 6.07) is 17.8. The third kappa shape index (κ3) is 4.50. The van der Waals surface area contributed by atoms with Crippen LogP contribution in [0.4, 0.5) is 5.69 Å². The van der Waals surface area contributed by atoms with E-state index in [1.54, 1.807) is 17.4 Å². The highest BCUT2D eigenvalue weighted by atomic mass is 35.5. The number of anilines is 1. The quantitative estimate of drug-likeness (QED) is 0.480. The Kier molecular flexibility index (Phi) is 6.71. The van der Waals surface area contributed by atoms with E-state index in [4.69, 9.17) is 17.3 Å². The largest absolute Gasteiger partial charge is 0.371 e. The average molecular weight is 512 g/mol. The van der Waals surface area contributed by atoms with E-state index in [-0.39, 0.29) is 24.2 Å². The number of thiophene rings is 1. The SMILES string of the molecule is NC1CCN(c2ccc(C3(c4ccsc4)CC(=O)C(Sc4ccccc4Cl)C(=O)N3)cc2)CC1. The summed E-state index contributed by atoms with van der Waals surface area (Å²) in [4.78, 5) is 29.8. The number of rotatable bonds is 5. The molecule has 0 bridgehead atoms. The molecule has 3 N–H and O–H groups in total. The van der Waals surface area contributed by atoms with Crippen LogP contribution in [0.3, 0.4) is 0 Å². The molecule has 0 saturated carbocycles. The van der Waals surface area contributed by atoms with Crippen LogP contribution in [0.15, 0.2) is 70.3 Å². The van der Waals surface area contributed by atoms with Gasteiger partial charge in [0.05, 0.1) is 10.6 Å². The first-order chi connectivity index (χ1) is 16.5. The van der Waals surface area contributed by atoms with E-state index in [1.165, 1.54) is 11.8 Å². The lowest BCUT2D eigenvalue weighted by molar-refractivity contribution is -0.132. The van der Waals surface area contributed by atoms with E-state index >= 15 is 0 Å². The van der Waals surface area contributed by atoms with Gasteiger partial charge in [0.1, 0.15) is 5.25 Å². The van der Waals surface area contributed by atoms with Crippen LogP contribution in [-0.4, -0.2) is 36.1 Å². The van der Waals surface area contributed by atoms with Gasteiger partial charge in [-0.05, 0) is 65.1 Å². The number of hydrogen-bond donors (Lipinski definition) is 2. The van der Waals surface area contributed by atoms with Crippen LogP contribution in [0.25, 0.3) is 0 Å². The van der Waals surface area contributed by atoms with Crippen molar-refractivity contribution in [2.45, 2.75) is 41.0 Å². The van der Waals surface area contributed by atoms with Gasteiger partial charge in [-0.25, -0.2) is 0 Å². The molecular formula is C26H26ClN3O2S2. The number of hydrogen-bond acceptors (Lipinski definition) is 6. The van der Waals surface area contributed by atoms with Crippen molar-refractivity contribution in [3.05, 3.63) is 81.5 Å². The zero-order valence-corrected chi connectivity index (χ0v) is 21.0. The number of thioether (sulfide) groups is 1. The van der Waals surface area contributed by atoms with Crippen LogP contribution in [0, 0.1) is 0 Å².